The van der Waals surface area contributed by atoms with Crippen LogP contribution in [0.15, 0.2) is 41.2 Å². The number of benzene rings is 1. The largest absolute Gasteiger partial charge is 0.448 e. The Bertz CT molecular complexity index is 1170. The number of aryl methyl sites for hydroxylation is 2. The van der Waals surface area contributed by atoms with Gasteiger partial charge in [0.2, 0.25) is 0 Å². The lowest BCUT2D eigenvalue weighted by molar-refractivity contribution is -0.123. The summed E-state index contributed by atoms with van der Waals surface area (Å²) in [5.41, 5.74) is 2.34. The molecule has 162 valence electrons. The fraction of sp³-hybridized carbons (Fsp3) is 0.348. The Kier molecular flexibility index (Phi) is 5.82. The average Bonchev–Trinajstić information content (AvgIpc) is 3.29. The minimum Gasteiger partial charge on any atom is -0.448 e. The highest BCUT2D eigenvalue weighted by Gasteiger charge is 2.25. The maximum absolute atomic E-state index is 12.9. The van der Waals surface area contributed by atoms with Gasteiger partial charge in [-0.05, 0) is 63.3 Å². The van der Waals surface area contributed by atoms with Crippen molar-refractivity contribution in [2.24, 2.45) is 7.05 Å². The number of amides is 1. The highest BCUT2D eigenvalue weighted by molar-refractivity contribution is 7.14. The number of rotatable bonds is 5. The fourth-order valence-corrected chi connectivity index (χ4v) is 4.94. The topological polar surface area (TPSA) is 82.3 Å². The molecule has 1 aromatic carbocycles. The molecule has 1 N–H and O–H groups in total. The van der Waals surface area contributed by atoms with Gasteiger partial charge in [0.1, 0.15) is 10.6 Å². The van der Waals surface area contributed by atoms with Crippen LogP contribution < -0.4 is 10.9 Å². The number of hydrogen-bond acceptors (Lipinski definition) is 5. The molecule has 0 radical (unpaired) electrons. The summed E-state index contributed by atoms with van der Waals surface area (Å²) in [4.78, 5) is 39.9. The van der Waals surface area contributed by atoms with E-state index in [1.165, 1.54) is 33.4 Å². The van der Waals surface area contributed by atoms with Crippen molar-refractivity contribution in [2.45, 2.75) is 45.6 Å². The number of ether oxygens (including phenoxy) is 1. The van der Waals surface area contributed by atoms with E-state index in [0.717, 1.165) is 25.7 Å². The van der Waals surface area contributed by atoms with Gasteiger partial charge in [0.15, 0.2) is 6.10 Å². The molecule has 0 bridgehead atoms. The Balaban J connectivity index is 1.49. The Morgan fingerprint density at radius 3 is 2.58 bits per heavy atom. The van der Waals surface area contributed by atoms with E-state index in [4.69, 9.17) is 4.74 Å². The van der Waals surface area contributed by atoms with E-state index < -0.39 is 18.0 Å². The monoisotopic (exact) mass is 439 g/mol. The van der Waals surface area contributed by atoms with Crippen molar-refractivity contribution >= 4 is 28.9 Å². The van der Waals surface area contributed by atoms with Gasteiger partial charge in [-0.1, -0.05) is 18.2 Å². The number of carbonyl (C=O) groups excluding carboxylic acids is 2. The van der Waals surface area contributed by atoms with Gasteiger partial charge in [-0.15, -0.1) is 11.3 Å². The second-order valence-corrected chi connectivity index (χ2v) is 8.88. The molecule has 0 aliphatic heterocycles. The predicted molar refractivity (Wildman–Crippen MR) is 120 cm³/mol. The normalized spacial score (nSPS) is 14.0. The molecule has 8 heteroatoms. The Morgan fingerprint density at radius 1 is 1.16 bits per heavy atom. The molecular weight excluding hydrogens is 414 g/mol. The van der Waals surface area contributed by atoms with Crippen LogP contribution in [-0.2, 0) is 29.4 Å². The molecule has 2 aromatic heterocycles. The zero-order chi connectivity index (χ0) is 22.1. The zero-order valence-corrected chi connectivity index (χ0v) is 18.6. The first kappa shape index (κ1) is 21.1. The first-order chi connectivity index (χ1) is 14.9. The van der Waals surface area contributed by atoms with Crippen LogP contribution in [0, 0.1) is 6.92 Å². The van der Waals surface area contributed by atoms with E-state index in [-0.39, 0.29) is 11.2 Å². The average molecular weight is 440 g/mol. The standard InChI is InChI=1S/C23H25N3O4S/c1-14-20(22(28)26(25(14)3)17-10-5-4-6-11-17)24-21(27)15(2)30-23(29)19-13-16-9-7-8-12-18(16)31-19/h4-6,10-11,13,15H,7-9,12H2,1-3H3,(H,24,27). The number of nitrogens with one attached hydrogen (secondary N) is 1. The Morgan fingerprint density at radius 2 is 1.87 bits per heavy atom. The van der Waals surface area contributed by atoms with Gasteiger partial charge < -0.3 is 10.1 Å². The number of nitrogens with zero attached hydrogens (tertiary/aromatic N) is 2. The quantitative estimate of drug-likeness (QED) is 0.616. The number of hydrogen-bond donors (Lipinski definition) is 1. The van der Waals surface area contributed by atoms with E-state index >= 15 is 0 Å². The third-order valence-electron chi connectivity index (χ3n) is 5.65. The third kappa shape index (κ3) is 4.07. The fourth-order valence-electron chi connectivity index (χ4n) is 3.80. The molecule has 0 saturated carbocycles. The van der Waals surface area contributed by atoms with E-state index in [0.29, 0.717) is 16.3 Å². The summed E-state index contributed by atoms with van der Waals surface area (Å²) in [6, 6.07) is 11.1. The summed E-state index contributed by atoms with van der Waals surface area (Å²) in [5, 5.41) is 2.65. The third-order valence-corrected chi connectivity index (χ3v) is 6.87. The summed E-state index contributed by atoms with van der Waals surface area (Å²) in [7, 11) is 1.75. The maximum Gasteiger partial charge on any atom is 0.349 e. The van der Waals surface area contributed by atoms with Crippen molar-refractivity contribution in [3.05, 3.63) is 67.8 Å². The van der Waals surface area contributed by atoms with Gasteiger partial charge in [-0.25, -0.2) is 9.48 Å². The van der Waals surface area contributed by atoms with Crippen molar-refractivity contribution in [3.63, 3.8) is 0 Å². The van der Waals surface area contributed by atoms with E-state index in [1.807, 2.05) is 36.4 Å². The molecule has 31 heavy (non-hydrogen) atoms. The van der Waals surface area contributed by atoms with Crippen LogP contribution in [0.25, 0.3) is 5.69 Å². The maximum atomic E-state index is 12.9. The predicted octanol–water partition coefficient (Wildman–Crippen LogP) is 3.61. The number of esters is 1. The van der Waals surface area contributed by atoms with Crippen LogP contribution in [0.2, 0.25) is 0 Å². The lowest BCUT2D eigenvalue weighted by Gasteiger charge is -2.12. The zero-order valence-electron chi connectivity index (χ0n) is 17.8. The van der Waals surface area contributed by atoms with Gasteiger partial charge in [0.05, 0.1) is 11.4 Å². The molecule has 4 rings (SSSR count). The molecule has 1 aliphatic carbocycles. The van der Waals surface area contributed by atoms with Crippen LogP contribution in [0.5, 0.6) is 0 Å². The highest BCUT2D eigenvalue weighted by Crippen LogP contribution is 2.30. The van der Waals surface area contributed by atoms with Gasteiger partial charge in [-0.2, -0.15) is 0 Å². The van der Waals surface area contributed by atoms with Crippen LogP contribution in [0.3, 0.4) is 0 Å². The molecule has 1 atom stereocenters. The van der Waals surface area contributed by atoms with Gasteiger partial charge in [0, 0.05) is 11.9 Å². The molecule has 1 aliphatic rings. The summed E-state index contributed by atoms with van der Waals surface area (Å²) >= 11 is 1.45. The first-order valence-corrected chi connectivity index (χ1v) is 11.2. The molecule has 1 amide bonds. The number of aromatic nitrogens is 2. The van der Waals surface area contributed by atoms with Crippen LogP contribution in [0.1, 0.15) is 45.6 Å². The number of anilines is 1. The number of para-hydroxylation sites is 1. The molecule has 7 nitrogen and oxygen atoms in total. The molecule has 3 aromatic rings. The van der Waals surface area contributed by atoms with Crippen LogP contribution >= 0.6 is 11.3 Å². The van der Waals surface area contributed by atoms with Crippen LogP contribution in [-0.4, -0.2) is 27.3 Å². The number of carbonyl (C=O) groups is 2. The summed E-state index contributed by atoms with van der Waals surface area (Å²) in [5.74, 6) is -1.05. The Labute approximate surface area is 184 Å². The molecule has 2 heterocycles. The van der Waals surface area contributed by atoms with Crippen LogP contribution in [0.4, 0.5) is 5.69 Å². The number of fused-ring (bicyclic) bond motifs is 1. The molecule has 0 fully saturated rings. The smallest absolute Gasteiger partial charge is 0.349 e. The molecule has 0 spiro atoms. The van der Waals surface area contributed by atoms with Crippen molar-refractivity contribution < 1.29 is 14.3 Å². The lowest BCUT2D eigenvalue weighted by Crippen LogP contribution is -2.32. The Hall–Kier alpha value is -3.13. The number of thiophene rings is 1. The second-order valence-electron chi connectivity index (χ2n) is 7.74. The molecular formula is C23H25N3O4S. The van der Waals surface area contributed by atoms with Crippen molar-refractivity contribution in [1.82, 2.24) is 9.36 Å². The summed E-state index contributed by atoms with van der Waals surface area (Å²) < 4.78 is 8.56. The van der Waals surface area contributed by atoms with Gasteiger partial charge in [-0.3, -0.25) is 14.3 Å². The van der Waals surface area contributed by atoms with E-state index in [2.05, 4.69) is 5.32 Å². The molecule has 0 saturated heterocycles. The van der Waals surface area contributed by atoms with Gasteiger partial charge >= 0.3 is 5.97 Å². The van der Waals surface area contributed by atoms with Crippen molar-refractivity contribution in [2.75, 3.05) is 5.32 Å². The van der Waals surface area contributed by atoms with Crippen molar-refractivity contribution in [3.8, 4) is 5.69 Å². The lowest BCUT2D eigenvalue weighted by atomic mass is 9.99. The molecule has 1 unspecified atom stereocenters. The van der Waals surface area contributed by atoms with E-state index in [1.54, 1.807) is 18.7 Å². The second kappa shape index (κ2) is 8.55. The van der Waals surface area contributed by atoms with Gasteiger partial charge in [0.25, 0.3) is 11.5 Å². The minimum absolute atomic E-state index is 0.172. The summed E-state index contributed by atoms with van der Waals surface area (Å²) in [6.45, 7) is 3.26. The minimum atomic E-state index is -1.03. The van der Waals surface area contributed by atoms with E-state index in [9.17, 15) is 14.4 Å². The van der Waals surface area contributed by atoms with Crippen molar-refractivity contribution in [1.29, 1.82) is 0 Å². The first-order valence-electron chi connectivity index (χ1n) is 10.3. The highest BCUT2D eigenvalue weighted by atomic mass is 32.1. The summed E-state index contributed by atoms with van der Waals surface area (Å²) in [6.07, 6.45) is 3.21. The SMILES string of the molecule is Cc1c(NC(=O)C(C)OC(=O)c2cc3c(s2)CCCC3)c(=O)n(-c2ccccc2)n1C.